The van der Waals surface area contributed by atoms with Crippen molar-refractivity contribution in [1.82, 2.24) is 15.0 Å². The number of esters is 1. The Balaban J connectivity index is 1.68. The Labute approximate surface area is 135 Å². The molecule has 0 spiro atoms. The van der Waals surface area contributed by atoms with Crippen LogP contribution in [0.2, 0.25) is 0 Å². The van der Waals surface area contributed by atoms with Gasteiger partial charge in [-0.2, -0.15) is 0 Å². The van der Waals surface area contributed by atoms with E-state index < -0.39 is 5.97 Å². The average molecular weight is 312 g/mol. The van der Waals surface area contributed by atoms with Gasteiger partial charge in [0.15, 0.2) is 0 Å². The zero-order valence-electron chi connectivity index (χ0n) is 13.2. The maximum Gasteiger partial charge on any atom is 0.357 e. The number of rotatable bonds is 4. The first-order valence-corrected chi connectivity index (χ1v) is 7.90. The van der Waals surface area contributed by atoms with Crippen molar-refractivity contribution in [1.29, 1.82) is 0 Å². The van der Waals surface area contributed by atoms with E-state index >= 15 is 0 Å². The summed E-state index contributed by atoms with van der Waals surface area (Å²) in [4.78, 5) is 27.2. The molecule has 0 N–H and O–H groups in total. The van der Waals surface area contributed by atoms with Crippen LogP contribution < -0.4 is 4.90 Å². The molecule has 0 unspecified atom stereocenters. The number of piperidine rings is 1. The van der Waals surface area contributed by atoms with Gasteiger partial charge < -0.3 is 9.64 Å². The van der Waals surface area contributed by atoms with Crippen LogP contribution in [0.4, 0.5) is 5.95 Å². The molecule has 3 heterocycles. The molecule has 0 saturated carbocycles. The molecular weight excluding hydrogens is 292 g/mol. The normalized spacial score (nSPS) is 14.6. The van der Waals surface area contributed by atoms with E-state index in [9.17, 15) is 4.79 Å². The fourth-order valence-corrected chi connectivity index (χ4v) is 2.62. The minimum atomic E-state index is -0.443. The Kier molecular flexibility index (Phi) is 4.80. The largest absolute Gasteiger partial charge is 0.454 e. The number of hydrogen-bond donors (Lipinski definition) is 0. The lowest BCUT2D eigenvalue weighted by Crippen LogP contribution is -2.31. The molecular formula is C17H20N4O2. The van der Waals surface area contributed by atoms with Crippen molar-refractivity contribution in [3.8, 4) is 0 Å². The van der Waals surface area contributed by atoms with E-state index in [4.69, 9.17) is 4.74 Å². The molecule has 2 aromatic heterocycles. The third-order valence-corrected chi connectivity index (χ3v) is 3.76. The van der Waals surface area contributed by atoms with Gasteiger partial charge in [0.2, 0.25) is 5.95 Å². The highest BCUT2D eigenvalue weighted by Gasteiger charge is 2.15. The Bertz CT molecular complexity index is 670. The second-order valence-electron chi connectivity index (χ2n) is 5.64. The summed E-state index contributed by atoms with van der Waals surface area (Å²) in [6.45, 7) is 4.02. The Morgan fingerprint density at radius 3 is 2.78 bits per heavy atom. The predicted octanol–water partition coefficient (Wildman–Crippen LogP) is 2.53. The Morgan fingerprint density at radius 2 is 2.04 bits per heavy atom. The number of pyridine rings is 1. The van der Waals surface area contributed by atoms with Crippen LogP contribution in [0, 0.1) is 6.92 Å². The minimum absolute atomic E-state index is 0.125. The second-order valence-corrected chi connectivity index (χ2v) is 5.64. The predicted molar refractivity (Wildman–Crippen MR) is 86.2 cm³/mol. The van der Waals surface area contributed by atoms with Gasteiger partial charge in [0.1, 0.15) is 12.3 Å². The zero-order chi connectivity index (χ0) is 16.1. The third-order valence-electron chi connectivity index (χ3n) is 3.76. The number of ether oxygens (including phenoxy) is 1. The van der Waals surface area contributed by atoms with E-state index in [-0.39, 0.29) is 6.61 Å². The first-order chi connectivity index (χ1) is 11.2. The smallest absolute Gasteiger partial charge is 0.357 e. The summed E-state index contributed by atoms with van der Waals surface area (Å²) in [5.74, 6) is 0.287. The number of aromatic nitrogens is 3. The summed E-state index contributed by atoms with van der Waals surface area (Å²) in [6, 6.07) is 6.99. The molecule has 1 aliphatic heterocycles. The fourth-order valence-electron chi connectivity index (χ4n) is 2.62. The van der Waals surface area contributed by atoms with Gasteiger partial charge in [0.25, 0.3) is 0 Å². The number of aryl methyl sites for hydroxylation is 1. The van der Waals surface area contributed by atoms with Crippen molar-refractivity contribution < 1.29 is 9.53 Å². The lowest BCUT2D eigenvalue weighted by atomic mass is 10.1. The van der Waals surface area contributed by atoms with Crippen molar-refractivity contribution in [2.45, 2.75) is 32.8 Å². The number of anilines is 1. The summed E-state index contributed by atoms with van der Waals surface area (Å²) in [7, 11) is 0. The van der Waals surface area contributed by atoms with Crippen molar-refractivity contribution in [3.63, 3.8) is 0 Å². The number of carbonyl (C=O) groups excluding carboxylic acids is 1. The molecule has 23 heavy (non-hydrogen) atoms. The maximum atomic E-state index is 12.0. The molecule has 0 atom stereocenters. The van der Waals surface area contributed by atoms with Gasteiger partial charge in [-0.05, 0) is 44.4 Å². The minimum Gasteiger partial charge on any atom is -0.454 e. The van der Waals surface area contributed by atoms with E-state index in [0.717, 1.165) is 24.7 Å². The Hall–Kier alpha value is -2.50. The molecule has 0 radical (unpaired) electrons. The van der Waals surface area contributed by atoms with Gasteiger partial charge in [-0.1, -0.05) is 6.07 Å². The van der Waals surface area contributed by atoms with E-state index in [2.05, 4.69) is 19.9 Å². The molecule has 0 aliphatic carbocycles. The highest BCUT2D eigenvalue weighted by atomic mass is 16.5. The Morgan fingerprint density at radius 1 is 1.22 bits per heavy atom. The first kappa shape index (κ1) is 15.4. The molecule has 1 saturated heterocycles. The lowest BCUT2D eigenvalue weighted by Gasteiger charge is -2.27. The molecule has 3 rings (SSSR count). The highest BCUT2D eigenvalue weighted by Crippen LogP contribution is 2.17. The van der Waals surface area contributed by atoms with Gasteiger partial charge in [-0.3, -0.25) is 0 Å². The molecule has 0 amide bonds. The van der Waals surface area contributed by atoms with Crippen LogP contribution in [-0.2, 0) is 11.3 Å². The van der Waals surface area contributed by atoms with Gasteiger partial charge in [0.05, 0.1) is 5.69 Å². The van der Waals surface area contributed by atoms with Gasteiger partial charge in [-0.15, -0.1) is 0 Å². The quantitative estimate of drug-likeness (QED) is 0.808. The summed E-state index contributed by atoms with van der Waals surface area (Å²) < 4.78 is 5.30. The third kappa shape index (κ3) is 4.03. The van der Waals surface area contributed by atoms with Crippen molar-refractivity contribution in [2.24, 2.45) is 0 Å². The molecule has 6 heteroatoms. The molecule has 120 valence electrons. The monoisotopic (exact) mass is 312 g/mol. The SMILES string of the molecule is Cc1cc(COC(=O)c2ccccn2)nc(N2CCCCC2)n1. The topological polar surface area (TPSA) is 68.2 Å². The lowest BCUT2D eigenvalue weighted by molar-refractivity contribution is 0.0460. The van der Waals surface area contributed by atoms with Crippen molar-refractivity contribution >= 4 is 11.9 Å². The average Bonchev–Trinajstić information content (AvgIpc) is 2.61. The molecule has 2 aromatic rings. The molecule has 0 bridgehead atoms. The summed E-state index contributed by atoms with van der Waals surface area (Å²) >= 11 is 0. The van der Waals surface area contributed by atoms with Crippen LogP contribution in [-0.4, -0.2) is 34.0 Å². The van der Waals surface area contributed by atoms with E-state index in [1.165, 1.54) is 19.3 Å². The van der Waals surface area contributed by atoms with Crippen LogP contribution >= 0.6 is 0 Å². The number of hydrogen-bond acceptors (Lipinski definition) is 6. The standard InChI is InChI=1S/C17H20N4O2/c1-13-11-14(12-23-16(22)15-7-3-4-8-18-15)20-17(19-13)21-9-5-2-6-10-21/h3-4,7-8,11H,2,5-6,9-10,12H2,1H3. The molecule has 1 fully saturated rings. The van der Waals surface area contributed by atoms with Gasteiger partial charge >= 0.3 is 5.97 Å². The fraction of sp³-hybridized carbons (Fsp3) is 0.412. The van der Waals surface area contributed by atoms with Crippen LogP contribution in [0.1, 0.15) is 41.1 Å². The van der Waals surface area contributed by atoms with Crippen LogP contribution in [0.5, 0.6) is 0 Å². The summed E-state index contributed by atoms with van der Waals surface area (Å²) in [6.07, 6.45) is 5.17. The van der Waals surface area contributed by atoms with E-state index in [0.29, 0.717) is 11.4 Å². The van der Waals surface area contributed by atoms with E-state index in [1.54, 1.807) is 24.4 Å². The van der Waals surface area contributed by atoms with Gasteiger partial charge in [0, 0.05) is 25.0 Å². The molecule has 0 aromatic carbocycles. The molecule has 6 nitrogen and oxygen atoms in total. The second kappa shape index (κ2) is 7.17. The van der Waals surface area contributed by atoms with Gasteiger partial charge in [-0.25, -0.2) is 19.7 Å². The summed E-state index contributed by atoms with van der Waals surface area (Å²) in [5, 5.41) is 0. The zero-order valence-corrected chi connectivity index (χ0v) is 13.2. The maximum absolute atomic E-state index is 12.0. The van der Waals surface area contributed by atoms with Crippen molar-refractivity contribution in [3.05, 3.63) is 47.5 Å². The first-order valence-electron chi connectivity index (χ1n) is 7.90. The van der Waals surface area contributed by atoms with Crippen LogP contribution in [0.3, 0.4) is 0 Å². The van der Waals surface area contributed by atoms with Crippen LogP contribution in [0.25, 0.3) is 0 Å². The highest BCUT2D eigenvalue weighted by molar-refractivity contribution is 5.87. The molecule has 1 aliphatic rings. The number of carbonyl (C=O) groups is 1. The van der Waals surface area contributed by atoms with Crippen LogP contribution in [0.15, 0.2) is 30.5 Å². The van der Waals surface area contributed by atoms with Crippen molar-refractivity contribution in [2.75, 3.05) is 18.0 Å². The number of nitrogens with zero attached hydrogens (tertiary/aromatic N) is 4. The van der Waals surface area contributed by atoms with E-state index in [1.807, 2.05) is 13.0 Å². The summed E-state index contributed by atoms with van der Waals surface area (Å²) in [5.41, 5.74) is 1.89.